The number of carbonyl (C=O) groups excluding carboxylic acids is 1. The lowest BCUT2D eigenvalue weighted by Crippen LogP contribution is -2.45. The van der Waals surface area contributed by atoms with Crippen LogP contribution in [0, 0.1) is 0 Å². The molecule has 2 unspecified atom stereocenters. The van der Waals surface area contributed by atoms with Crippen molar-refractivity contribution in [1.29, 1.82) is 0 Å². The maximum Gasteiger partial charge on any atom is 0.220 e. The van der Waals surface area contributed by atoms with Crippen molar-refractivity contribution < 1.29 is 15.0 Å². The smallest absolute Gasteiger partial charge is 0.220 e. The van der Waals surface area contributed by atoms with Gasteiger partial charge in [0.15, 0.2) is 0 Å². The van der Waals surface area contributed by atoms with Crippen LogP contribution >= 0.6 is 0 Å². The molecule has 4 nitrogen and oxygen atoms in total. The lowest BCUT2D eigenvalue weighted by molar-refractivity contribution is -0.123. The molecule has 0 aromatic rings. The van der Waals surface area contributed by atoms with Crippen LogP contribution in [-0.4, -0.2) is 34.9 Å². The molecule has 0 fully saturated rings. The monoisotopic (exact) mass is 399 g/mol. The highest BCUT2D eigenvalue weighted by Gasteiger charge is 2.19. The zero-order chi connectivity index (χ0) is 20.9. The molecular weight excluding hydrogens is 350 g/mol. The summed E-state index contributed by atoms with van der Waals surface area (Å²) in [5.41, 5.74) is 0. The molecule has 1 amide bonds. The van der Waals surface area contributed by atoms with Gasteiger partial charge in [0.05, 0.1) is 18.8 Å². The topological polar surface area (TPSA) is 69.6 Å². The number of rotatable bonds is 21. The highest BCUT2D eigenvalue weighted by molar-refractivity contribution is 5.76. The Morgan fingerprint density at radius 2 is 1.14 bits per heavy atom. The van der Waals surface area contributed by atoms with E-state index in [9.17, 15) is 15.0 Å². The van der Waals surface area contributed by atoms with Gasteiger partial charge >= 0.3 is 0 Å². The molecule has 0 rings (SSSR count). The first-order valence-corrected chi connectivity index (χ1v) is 12.2. The van der Waals surface area contributed by atoms with Crippen molar-refractivity contribution >= 4 is 5.91 Å². The van der Waals surface area contributed by atoms with Gasteiger partial charge in [-0.25, -0.2) is 0 Å². The third kappa shape index (κ3) is 17.5. The van der Waals surface area contributed by atoms with Gasteiger partial charge in [0.2, 0.25) is 5.91 Å². The summed E-state index contributed by atoms with van der Waals surface area (Å²) < 4.78 is 0. The van der Waals surface area contributed by atoms with E-state index < -0.39 is 12.1 Å². The van der Waals surface area contributed by atoms with E-state index in [1.807, 2.05) is 0 Å². The zero-order valence-electron chi connectivity index (χ0n) is 18.9. The fourth-order valence-corrected chi connectivity index (χ4v) is 3.65. The van der Waals surface area contributed by atoms with Crippen LogP contribution in [-0.2, 0) is 4.79 Å². The first-order valence-electron chi connectivity index (χ1n) is 12.2. The van der Waals surface area contributed by atoms with Crippen LogP contribution in [0.2, 0.25) is 0 Å². The van der Waals surface area contributed by atoms with Crippen molar-refractivity contribution in [2.24, 2.45) is 0 Å². The van der Waals surface area contributed by atoms with Gasteiger partial charge in [0.1, 0.15) is 0 Å². The fraction of sp³-hybridized carbons (Fsp3) is 0.958. The maximum atomic E-state index is 12.0. The minimum atomic E-state index is -0.646. The van der Waals surface area contributed by atoms with Gasteiger partial charge < -0.3 is 15.5 Å². The summed E-state index contributed by atoms with van der Waals surface area (Å²) >= 11 is 0. The third-order valence-corrected chi connectivity index (χ3v) is 5.62. The van der Waals surface area contributed by atoms with Crippen LogP contribution in [0.4, 0.5) is 0 Å². The standard InChI is InChI=1S/C24H49NO3/c1-3-5-7-9-11-12-13-14-15-17-19-23(27)22(21-26)25-24(28)20-18-16-10-8-6-4-2/h22-23,26-27H,3-21H2,1-2H3,(H,25,28). The van der Waals surface area contributed by atoms with E-state index in [2.05, 4.69) is 19.2 Å². The first-order chi connectivity index (χ1) is 13.7. The molecule has 0 saturated heterocycles. The van der Waals surface area contributed by atoms with Crippen molar-refractivity contribution in [3.63, 3.8) is 0 Å². The van der Waals surface area contributed by atoms with Gasteiger partial charge in [-0.3, -0.25) is 4.79 Å². The second-order valence-electron chi connectivity index (χ2n) is 8.41. The van der Waals surface area contributed by atoms with Crippen LogP contribution < -0.4 is 5.32 Å². The largest absolute Gasteiger partial charge is 0.394 e. The molecule has 0 aromatic carbocycles. The minimum Gasteiger partial charge on any atom is -0.394 e. The SMILES string of the molecule is CCCCCCCCCCCCC(O)C(CO)NC(=O)CCCCCCCC. The van der Waals surface area contributed by atoms with E-state index in [1.165, 1.54) is 77.0 Å². The molecule has 4 heteroatoms. The summed E-state index contributed by atoms with van der Waals surface area (Å²) in [6.45, 7) is 4.25. The zero-order valence-corrected chi connectivity index (χ0v) is 18.9. The molecule has 0 spiro atoms. The second-order valence-corrected chi connectivity index (χ2v) is 8.41. The van der Waals surface area contributed by atoms with Gasteiger partial charge in [0, 0.05) is 6.42 Å². The predicted octanol–water partition coefficient (Wildman–Crippen LogP) is 5.89. The van der Waals surface area contributed by atoms with E-state index in [1.54, 1.807) is 0 Å². The lowest BCUT2D eigenvalue weighted by Gasteiger charge is -2.22. The summed E-state index contributed by atoms with van der Waals surface area (Å²) in [7, 11) is 0. The molecule has 0 aliphatic rings. The molecule has 0 aliphatic heterocycles. The molecule has 168 valence electrons. The van der Waals surface area contributed by atoms with E-state index in [4.69, 9.17) is 0 Å². The van der Waals surface area contributed by atoms with Gasteiger partial charge in [-0.2, -0.15) is 0 Å². The number of unbranched alkanes of at least 4 members (excludes halogenated alkanes) is 14. The summed E-state index contributed by atoms with van der Waals surface area (Å²) in [4.78, 5) is 12.0. The third-order valence-electron chi connectivity index (χ3n) is 5.62. The molecule has 0 heterocycles. The van der Waals surface area contributed by atoms with Gasteiger partial charge in [-0.15, -0.1) is 0 Å². The summed E-state index contributed by atoms with van der Waals surface area (Å²) in [6, 6.07) is -0.522. The molecule has 0 bridgehead atoms. The van der Waals surface area contributed by atoms with Crippen LogP contribution in [0.5, 0.6) is 0 Å². The molecule has 0 aliphatic carbocycles. The number of nitrogens with one attached hydrogen (secondary N) is 1. The number of hydrogen-bond donors (Lipinski definition) is 3. The predicted molar refractivity (Wildman–Crippen MR) is 119 cm³/mol. The van der Waals surface area contributed by atoms with Crippen LogP contribution in [0.15, 0.2) is 0 Å². The Balaban J connectivity index is 3.66. The molecule has 28 heavy (non-hydrogen) atoms. The number of hydrogen-bond acceptors (Lipinski definition) is 3. The molecule has 3 N–H and O–H groups in total. The number of aliphatic hydroxyl groups is 2. The van der Waals surface area contributed by atoms with E-state index in [0.29, 0.717) is 12.8 Å². The van der Waals surface area contributed by atoms with Crippen molar-refractivity contribution in [3.05, 3.63) is 0 Å². The second kappa shape index (κ2) is 21.1. The Bertz CT molecular complexity index is 336. The van der Waals surface area contributed by atoms with Crippen molar-refractivity contribution in [1.82, 2.24) is 5.32 Å². The highest BCUT2D eigenvalue weighted by atomic mass is 16.3. The maximum absolute atomic E-state index is 12.0. The van der Waals surface area contributed by atoms with Crippen LogP contribution in [0.1, 0.15) is 129 Å². The Labute approximate surface area is 174 Å². The molecule has 0 aromatic heterocycles. The van der Waals surface area contributed by atoms with Crippen LogP contribution in [0.3, 0.4) is 0 Å². The Hall–Kier alpha value is -0.610. The average Bonchev–Trinajstić information content (AvgIpc) is 2.70. The molecular formula is C24H49NO3. The number of aliphatic hydroxyl groups excluding tert-OH is 2. The van der Waals surface area contributed by atoms with E-state index >= 15 is 0 Å². The van der Waals surface area contributed by atoms with E-state index in [-0.39, 0.29) is 12.5 Å². The van der Waals surface area contributed by atoms with E-state index in [0.717, 1.165) is 25.7 Å². The first kappa shape index (κ1) is 27.4. The lowest BCUT2D eigenvalue weighted by atomic mass is 10.0. The minimum absolute atomic E-state index is 0.0448. The highest BCUT2D eigenvalue weighted by Crippen LogP contribution is 2.13. The van der Waals surface area contributed by atoms with Crippen LogP contribution in [0.25, 0.3) is 0 Å². The van der Waals surface area contributed by atoms with Gasteiger partial charge in [0.25, 0.3) is 0 Å². The normalized spacial score (nSPS) is 13.4. The van der Waals surface area contributed by atoms with Gasteiger partial charge in [-0.05, 0) is 12.8 Å². The quantitative estimate of drug-likeness (QED) is 0.211. The van der Waals surface area contributed by atoms with Crippen molar-refractivity contribution in [3.8, 4) is 0 Å². The van der Waals surface area contributed by atoms with Gasteiger partial charge in [-0.1, -0.05) is 110 Å². The summed E-state index contributed by atoms with van der Waals surface area (Å²) in [5, 5.41) is 22.6. The molecule has 0 radical (unpaired) electrons. The Morgan fingerprint density at radius 1 is 0.714 bits per heavy atom. The van der Waals surface area contributed by atoms with Crippen molar-refractivity contribution in [2.45, 2.75) is 142 Å². The summed E-state index contributed by atoms with van der Waals surface area (Å²) in [6.07, 6.45) is 20.0. The Morgan fingerprint density at radius 3 is 1.61 bits per heavy atom. The molecule has 0 saturated carbocycles. The number of carbonyl (C=O) groups is 1. The summed E-state index contributed by atoms with van der Waals surface area (Å²) in [5.74, 6) is -0.0448. The average molecular weight is 400 g/mol. The fourth-order valence-electron chi connectivity index (χ4n) is 3.65. The number of amides is 1. The Kier molecular flexibility index (Phi) is 20.6. The van der Waals surface area contributed by atoms with Crippen molar-refractivity contribution in [2.75, 3.05) is 6.61 Å². The molecule has 2 atom stereocenters.